The number of benzene rings is 2. The van der Waals surface area contributed by atoms with Crippen molar-refractivity contribution in [2.24, 2.45) is 5.41 Å². The number of hydrogen-bond acceptors (Lipinski definition) is 3. The second-order valence-electron chi connectivity index (χ2n) is 5.80. The summed E-state index contributed by atoms with van der Waals surface area (Å²) >= 11 is 1.82. The van der Waals surface area contributed by atoms with Gasteiger partial charge in [-0.2, -0.15) is 0 Å². The molecule has 0 unspecified atom stereocenters. The molecule has 2 aromatic carbocycles. The number of methoxy groups -OCH3 is 1. The molecule has 1 saturated carbocycles. The summed E-state index contributed by atoms with van der Waals surface area (Å²) in [5.41, 5.74) is 1.99. The van der Waals surface area contributed by atoms with Crippen molar-refractivity contribution in [3.63, 3.8) is 0 Å². The number of hydrogen-bond donors (Lipinski definition) is 0. The maximum absolute atomic E-state index is 12.9. The summed E-state index contributed by atoms with van der Waals surface area (Å²) in [4.78, 5) is 14.0. The molecular weight excluding hydrogens is 280 g/mol. The molecule has 1 aliphatic carbocycles. The molecule has 4 rings (SSSR count). The third-order valence-electron chi connectivity index (χ3n) is 4.66. The van der Waals surface area contributed by atoms with Crippen LogP contribution in [0.4, 0.5) is 0 Å². The molecule has 1 fully saturated rings. The zero-order chi connectivity index (χ0) is 14.4. The fourth-order valence-corrected chi connectivity index (χ4v) is 4.66. The quantitative estimate of drug-likeness (QED) is 0.832. The molecule has 0 bridgehead atoms. The molecule has 3 heteroatoms. The minimum absolute atomic E-state index is 0.173. The molecule has 0 saturated heterocycles. The summed E-state index contributed by atoms with van der Waals surface area (Å²) in [6.45, 7) is 0. The van der Waals surface area contributed by atoms with Crippen LogP contribution in [0.25, 0.3) is 0 Å². The average Bonchev–Trinajstić information content (AvgIpc) is 3.27. The van der Waals surface area contributed by atoms with Gasteiger partial charge in [0.05, 0.1) is 12.5 Å². The summed E-state index contributed by atoms with van der Waals surface area (Å²) in [5.74, 6) is 2.46. The van der Waals surface area contributed by atoms with Crippen LogP contribution in [-0.2, 0) is 0 Å². The van der Waals surface area contributed by atoms with E-state index in [0.29, 0.717) is 11.7 Å². The fraction of sp³-hybridized carbons (Fsp3) is 0.278. The van der Waals surface area contributed by atoms with Crippen LogP contribution in [0.2, 0.25) is 0 Å². The van der Waals surface area contributed by atoms with Gasteiger partial charge in [0.25, 0.3) is 0 Å². The summed E-state index contributed by atoms with van der Waals surface area (Å²) < 4.78 is 5.20. The maximum atomic E-state index is 12.9. The minimum atomic E-state index is -0.173. The molecule has 106 valence electrons. The first-order valence-corrected chi connectivity index (χ1v) is 8.14. The third kappa shape index (κ3) is 1.91. The second kappa shape index (κ2) is 4.63. The van der Waals surface area contributed by atoms with E-state index in [0.717, 1.165) is 28.4 Å². The zero-order valence-corrected chi connectivity index (χ0v) is 12.7. The van der Waals surface area contributed by atoms with Gasteiger partial charge in [-0.25, -0.2) is 0 Å². The number of carbonyl (C=O) groups is 1. The van der Waals surface area contributed by atoms with E-state index in [-0.39, 0.29) is 5.41 Å². The molecule has 2 atom stereocenters. The van der Waals surface area contributed by atoms with Gasteiger partial charge in [0.2, 0.25) is 0 Å². The summed E-state index contributed by atoms with van der Waals surface area (Å²) in [5, 5.41) is 0. The number of ether oxygens (including phenoxy) is 1. The van der Waals surface area contributed by atoms with E-state index in [1.54, 1.807) is 7.11 Å². The van der Waals surface area contributed by atoms with Gasteiger partial charge in [-0.1, -0.05) is 30.3 Å². The van der Waals surface area contributed by atoms with Gasteiger partial charge < -0.3 is 4.74 Å². The van der Waals surface area contributed by atoms with Gasteiger partial charge in [-0.15, -0.1) is 11.8 Å². The van der Waals surface area contributed by atoms with Gasteiger partial charge >= 0.3 is 0 Å². The lowest BCUT2D eigenvalue weighted by Crippen LogP contribution is -2.25. The first kappa shape index (κ1) is 13.0. The molecule has 2 nitrogen and oxygen atoms in total. The Labute approximate surface area is 128 Å². The van der Waals surface area contributed by atoms with Crippen LogP contribution in [0.3, 0.4) is 0 Å². The Hall–Kier alpha value is -1.74. The van der Waals surface area contributed by atoms with Crippen molar-refractivity contribution in [2.75, 3.05) is 12.9 Å². The van der Waals surface area contributed by atoms with E-state index in [4.69, 9.17) is 4.74 Å². The molecule has 1 heterocycles. The molecule has 2 aromatic rings. The van der Waals surface area contributed by atoms with Gasteiger partial charge in [-0.05, 0) is 36.1 Å². The number of carbonyl (C=O) groups excluding carboxylic acids is 1. The minimum Gasteiger partial charge on any atom is -0.497 e. The molecule has 2 aliphatic rings. The Morgan fingerprint density at radius 3 is 2.67 bits per heavy atom. The average molecular weight is 296 g/mol. The van der Waals surface area contributed by atoms with Gasteiger partial charge in [0.1, 0.15) is 5.75 Å². The van der Waals surface area contributed by atoms with E-state index in [1.165, 1.54) is 5.56 Å². The van der Waals surface area contributed by atoms with Crippen molar-refractivity contribution >= 4 is 17.5 Å². The molecular formula is C18H16O2S. The maximum Gasteiger partial charge on any atom is 0.171 e. The normalized spacial score (nSPS) is 26.5. The van der Waals surface area contributed by atoms with Crippen LogP contribution in [0.15, 0.2) is 53.4 Å². The van der Waals surface area contributed by atoms with E-state index in [9.17, 15) is 4.79 Å². The highest BCUT2D eigenvalue weighted by Gasteiger charge is 2.61. The predicted octanol–water partition coefficient (Wildman–Crippen LogP) is 4.16. The lowest BCUT2D eigenvalue weighted by molar-refractivity contribution is 0.0905. The first-order valence-electron chi connectivity index (χ1n) is 7.15. The summed E-state index contributed by atoms with van der Waals surface area (Å²) in [7, 11) is 1.67. The number of Topliss-reactive ketones (excluding diaryl/α,β-unsaturated/α-hetero) is 1. The van der Waals surface area contributed by atoms with E-state index in [2.05, 4.69) is 18.2 Å². The first-order chi connectivity index (χ1) is 10.2. The van der Waals surface area contributed by atoms with E-state index in [1.807, 2.05) is 42.1 Å². The van der Waals surface area contributed by atoms with Crippen LogP contribution in [0.5, 0.6) is 5.75 Å². The van der Waals surface area contributed by atoms with Crippen LogP contribution in [0, 0.1) is 5.41 Å². The lowest BCUT2D eigenvalue weighted by atomic mass is 9.91. The van der Waals surface area contributed by atoms with Gasteiger partial charge in [0.15, 0.2) is 5.78 Å². The lowest BCUT2D eigenvalue weighted by Gasteiger charge is -2.23. The van der Waals surface area contributed by atoms with Crippen molar-refractivity contribution in [1.82, 2.24) is 0 Å². The summed E-state index contributed by atoms with van der Waals surface area (Å²) in [6.07, 6.45) is 0.972. The number of fused-ring (bicyclic) bond motifs is 1. The van der Waals surface area contributed by atoms with Crippen LogP contribution < -0.4 is 4.74 Å². The topological polar surface area (TPSA) is 26.3 Å². The smallest absolute Gasteiger partial charge is 0.171 e. The highest BCUT2D eigenvalue weighted by Crippen LogP contribution is 2.65. The van der Waals surface area contributed by atoms with Crippen molar-refractivity contribution in [3.05, 3.63) is 59.7 Å². The Morgan fingerprint density at radius 2 is 1.90 bits per heavy atom. The molecule has 0 radical (unpaired) electrons. The standard InChI is InChI=1S/C18H16O2S/c1-20-13-8-6-12(7-9-13)15-10-18(15)11-21-16-5-3-2-4-14(16)17(18)19/h2-9,15H,10-11H2,1H3/t15-,18-/m1/s1. The van der Waals surface area contributed by atoms with Crippen molar-refractivity contribution < 1.29 is 9.53 Å². The Morgan fingerprint density at radius 1 is 1.14 bits per heavy atom. The van der Waals surface area contributed by atoms with Crippen LogP contribution in [0.1, 0.15) is 28.3 Å². The Kier molecular flexibility index (Phi) is 2.86. The van der Waals surface area contributed by atoms with Gasteiger partial charge in [-0.3, -0.25) is 4.79 Å². The highest BCUT2D eigenvalue weighted by molar-refractivity contribution is 7.99. The monoisotopic (exact) mass is 296 g/mol. The second-order valence-corrected chi connectivity index (χ2v) is 6.82. The summed E-state index contributed by atoms with van der Waals surface area (Å²) in [6, 6.07) is 16.1. The number of rotatable bonds is 2. The molecule has 21 heavy (non-hydrogen) atoms. The number of ketones is 1. The van der Waals surface area contributed by atoms with E-state index >= 15 is 0 Å². The van der Waals surface area contributed by atoms with Crippen molar-refractivity contribution in [2.45, 2.75) is 17.2 Å². The molecule has 1 spiro atoms. The Balaban J connectivity index is 1.64. The fourth-order valence-electron chi connectivity index (χ4n) is 3.31. The van der Waals surface area contributed by atoms with E-state index < -0.39 is 0 Å². The third-order valence-corrected chi connectivity index (χ3v) is 5.99. The van der Waals surface area contributed by atoms with Crippen molar-refractivity contribution in [3.8, 4) is 5.75 Å². The molecule has 0 aromatic heterocycles. The van der Waals surface area contributed by atoms with Gasteiger partial charge in [0, 0.05) is 16.2 Å². The zero-order valence-electron chi connectivity index (χ0n) is 11.8. The molecule has 0 amide bonds. The molecule has 0 N–H and O–H groups in total. The van der Waals surface area contributed by atoms with Crippen LogP contribution >= 0.6 is 11.8 Å². The largest absolute Gasteiger partial charge is 0.497 e. The molecule has 1 aliphatic heterocycles. The SMILES string of the molecule is COc1ccc([C@H]2C[C@@]23CSc2ccccc2C3=O)cc1. The predicted molar refractivity (Wildman–Crippen MR) is 84.3 cm³/mol. The van der Waals surface area contributed by atoms with Crippen molar-refractivity contribution in [1.29, 1.82) is 0 Å². The highest BCUT2D eigenvalue weighted by atomic mass is 32.2. The number of thioether (sulfide) groups is 1. The Bertz CT molecular complexity index is 707. The van der Waals surface area contributed by atoms with Crippen LogP contribution in [-0.4, -0.2) is 18.6 Å².